The summed E-state index contributed by atoms with van der Waals surface area (Å²) >= 11 is 0. The smallest absolute Gasteiger partial charge is 0.0484 e. The van der Waals surface area contributed by atoms with Crippen LogP contribution in [0, 0.1) is 5.92 Å². The zero-order valence-electron chi connectivity index (χ0n) is 10.7. The summed E-state index contributed by atoms with van der Waals surface area (Å²) in [7, 11) is 0. The first-order valence-electron chi connectivity index (χ1n) is 6.70. The molecule has 0 aromatic heterocycles. The first kappa shape index (κ1) is 12.3. The number of hydrogen-bond acceptors (Lipinski definition) is 3. The van der Waals surface area contributed by atoms with Crippen molar-refractivity contribution in [2.75, 3.05) is 26.3 Å². The molecule has 16 heavy (non-hydrogen) atoms. The Balaban J connectivity index is 1.88. The minimum Gasteiger partial charge on any atom is -0.381 e. The van der Waals surface area contributed by atoms with Gasteiger partial charge in [0.2, 0.25) is 0 Å². The number of nitrogens with zero attached hydrogens (tertiary/aromatic N) is 1. The zero-order chi connectivity index (χ0) is 11.6. The number of rotatable bonds is 2. The van der Waals surface area contributed by atoms with Gasteiger partial charge in [-0.25, -0.2) is 0 Å². The fourth-order valence-electron chi connectivity index (χ4n) is 3.03. The van der Waals surface area contributed by atoms with Gasteiger partial charge in [0.15, 0.2) is 0 Å². The van der Waals surface area contributed by atoms with Crippen molar-refractivity contribution < 1.29 is 4.74 Å². The molecular formula is C13H26N2O. The van der Waals surface area contributed by atoms with Crippen LogP contribution in [0.1, 0.15) is 39.5 Å². The lowest BCUT2D eigenvalue weighted by Gasteiger charge is -2.43. The fourth-order valence-corrected chi connectivity index (χ4v) is 3.03. The Kier molecular flexibility index (Phi) is 3.88. The Morgan fingerprint density at radius 1 is 1.31 bits per heavy atom. The average Bonchev–Trinajstić information content (AvgIpc) is 2.23. The highest BCUT2D eigenvalue weighted by Crippen LogP contribution is 2.26. The molecule has 2 heterocycles. The molecule has 0 amide bonds. The molecule has 2 aliphatic heterocycles. The van der Waals surface area contributed by atoms with Crippen molar-refractivity contribution in [3.8, 4) is 0 Å². The molecular weight excluding hydrogens is 200 g/mol. The summed E-state index contributed by atoms with van der Waals surface area (Å²) in [5.74, 6) is 0.884. The summed E-state index contributed by atoms with van der Waals surface area (Å²) in [6.07, 6.45) is 4.70. The third-order valence-electron chi connectivity index (χ3n) is 4.28. The van der Waals surface area contributed by atoms with Crippen LogP contribution < -0.4 is 5.73 Å². The normalized spacial score (nSPS) is 36.2. The molecule has 0 aliphatic carbocycles. The molecule has 0 radical (unpaired) electrons. The van der Waals surface area contributed by atoms with Gasteiger partial charge in [-0.05, 0) is 45.1 Å². The predicted octanol–water partition coefficient (Wildman–Crippen LogP) is 1.61. The highest BCUT2D eigenvalue weighted by molar-refractivity contribution is 4.92. The molecule has 2 fully saturated rings. The standard InChI is InChI=1S/C13H26N2O/c1-11-3-6-15(12(2)9-11)10-13(14)4-7-16-8-5-13/h11-12H,3-10,14H2,1-2H3. The van der Waals surface area contributed by atoms with Gasteiger partial charge in [0.25, 0.3) is 0 Å². The lowest BCUT2D eigenvalue weighted by Crippen LogP contribution is -2.56. The van der Waals surface area contributed by atoms with E-state index in [9.17, 15) is 0 Å². The Hall–Kier alpha value is -0.120. The topological polar surface area (TPSA) is 38.5 Å². The number of nitrogens with two attached hydrogens (primary N) is 1. The summed E-state index contributed by atoms with van der Waals surface area (Å²) < 4.78 is 5.40. The molecule has 2 rings (SSSR count). The van der Waals surface area contributed by atoms with E-state index in [1.807, 2.05) is 0 Å². The van der Waals surface area contributed by atoms with Crippen LogP contribution in [0.5, 0.6) is 0 Å². The molecule has 2 N–H and O–H groups in total. The monoisotopic (exact) mass is 226 g/mol. The lowest BCUT2D eigenvalue weighted by atomic mass is 9.87. The van der Waals surface area contributed by atoms with Crippen molar-refractivity contribution in [1.82, 2.24) is 4.90 Å². The SMILES string of the molecule is CC1CCN(CC2(N)CCOCC2)C(C)C1. The molecule has 2 atom stereocenters. The van der Waals surface area contributed by atoms with Crippen LogP contribution in [0.2, 0.25) is 0 Å². The van der Waals surface area contributed by atoms with Crippen LogP contribution in [0.3, 0.4) is 0 Å². The summed E-state index contributed by atoms with van der Waals surface area (Å²) in [6.45, 7) is 8.68. The van der Waals surface area contributed by atoms with E-state index in [1.165, 1.54) is 19.4 Å². The molecule has 0 spiro atoms. The minimum atomic E-state index is 0.00703. The number of ether oxygens (including phenoxy) is 1. The predicted molar refractivity (Wildman–Crippen MR) is 66.4 cm³/mol. The van der Waals surface area contributed by atoms with Crippen molar-refractivity contribution in [3.05, 3.63) is 0 Å². The van der Waals surface area contributed by atoms with Gasteiger partial charge in [0.1, 0.15) is 0 Å². The van der Waals surface area contributed by atoms with E-state index in [-0.39, 0.29) is 5.54 Å². The second-order valence-corrected chi connectivity index (χ2v) is 5.92. The van der Waals surface area contributed by atoms with E-state index in [0.29, 0.717) is 6.04 Å². The van der Waals surface area contributed by atoms with Crippen molar-refractivity contribution >= 4 is 0 Å². The van der Waals surface area contributed by atoms with E-state index in [1.54, 1.807) is 0 Å². The Labute approximate surface area is 99.3 Å². The maximum absolute atomic E-state index is 6.47. The molecule has 0 bridgehead atoms. The van der Waals surface area contributed by atoms with Crippen molar-refractivity contribution in [2.24, 2.45) is 11.7 Å². The van der Waals surface area contributed by atoms with Crippen molar-refractivity contribution in [2.45, 2.75) is 51.1 Å². The Morgan fingerprint density at radius 2 is 2.00 bits per heavy atom. The highest BCUT2D eigenvalue weighted by Gasteiger charge is 2.33. The third kappa shape index (κ3) is 2.96. The molecule has 2 saturated heterocycles. The van der Waals surface area contributed by atoms with Gasteiger partial charge in [-0.3, -0.25) is 4.90 Å². The van der Waals surface area contributed by atoms with Crippen LogP contribution in [0.15, 0.2) is 0 Å². The molecule has 2 aliphatic rings. The van der Waals surface area contributed by atoms with Gasteiger partial charge in [-0.1, -0.05) is 6.92 Å². The summed E-state index contributed by atoms with van der Waals surface area (Å²) in [6, 6.07) is 0.701. The first-order chi connectivity index (χ1) is 7.59. The summed E-state index contributed by atoms with van der Waals surface area (Å²) in [5, 5.41) is 0. The van der Waals surface area contributed by atoms with Crippen molar-refractivity contribution in [1.29, 1.82) is 0 Å². The second-order valence-electron chi connectivity index (χ2n) is 5.92. The van der Waals surface area contributed by atoms with E-state index in [2.05, 4.69) is 18.7 Å². The van der Waals surface area contributed by atoms with Gasteiger partial charge in [0, 0.05) is 31.3 Å². The lowest BCUT2D eigenvalue weighted by molar-refractivity contribution is 0.0215. The van der Waals surface area contributed by atoms with Gasteiger partial charge in [-0.15, -0.1) is 0 Å². The van der Waals surface area contributed by atoms with Crippen LogP contribution in [-0.4, -0.2) is 42.8 Å². The molecule has 0 aromatic rings. The quantitative estimate of drug-likeness (QED) is 0.777. The largest absolute Gasteiger partial charge is 0.381 e. The fraction of sp³-hybridized carbons (Fsp3) is 1.00. The van der Waals surface area contributed by atoms with E-state index >= 15 is 0 Å². The molecule has 2 unspecified atom stereocenters. The van der Waals surface area contributed by atoms with Gasteiger partial charge < -0.3 is 10.5 Å². The molecule has 94 valence electrons. The third-order valence-corrected chi connectivity index (χ3v) is 4.28. The molecule has 0 saturated carbocycles. The van der Waals surface area contributed by atoms with Gasteiger partial charge >= 0.3 is 0 Å². The number of likely N-dealkylation sites (tertiary alicyclic amines) is 1. The maximum Gasteiger partial charge on any atom is 0.0484 e. The number of hydrogen-bond donors (Lipinski definition) is 1. The molecule has 0 aromatic carbocycles. The van der Waals surface area contributed by atoms with Crippen LogP contribution in [-0.2, 0) is 4.74 Å². The highest BCUT2D eigenvalue weighted by atomic mass is 16.5. The summed E-state index contributed by atoms with van der Waals surface area (Å²) in [5.41, 5.74) is 6.47. The van der Waals surface area contributed by atoms with Crippen molar-refractivity contribution in [3.63, 3.8) is 0 Å². The van der Waals surface area contributed by atoms with Gasteiger partial charge in [0.05, 0.1) is 0 Å². The zero-order valence-corrected chi connectivity index (χ0v) is 10.7. The van der Waals surface area contributed by atoms with E-state index in [4.69, 9.17) is 10.5 Å². The molecule has 3 nitrogen and oxygen atoms in total. The van der Waals surface area contributed by atoms with E-state index < -0.39 is 0 Å². The van der Waals surface area contributed by atoms with Gasteiger partial charge in [-0.2, -0.15) is 0 Å². The van der Waals surface area contributed by atoms with Crippen LogP contribution in [0.4, 0.5) is 0 Å². The van der Waals surface area contributed by atoms with E-state index in [0.717, 1.165) is 38.5 Å². The Bertz CT molecular complexity index is 226. The second kappa shape index (κ2) is 5.03. The minimum absolute atomic E-state index is 0.00703. The maximum atomic E-state index is 6.47. The molecule has 3 heteroatoms. The average molecular weight is 226 g/mol. The number of piperidine rings is 1. The van der Waals surface area contributed by atoms with Crippen LogP contribution in [0.25, 0.3) is 0 Å². The summed E-state index contributed by atoms with van der Waals surface area (Å²) in [4.78, 5) is 2.59. The van der Waals surface area contributed by atoms with Crippen LogP contribution >= 0.6 is 0 Å². The Morgan fingerprint density at radius 3 is 2.62 bits per heavy atom. The first-order valence-corrected chi connectivity index (χ1v) is 6.70.